The van der Waals surface area contributed by atoms with E-state index in [1.807, 2.05) is 0 Å². The second-order valence-electron chi connectivity index (χ2n) is 2.37. The number of aromatic hydroxyl groups is 2. The summed E-state index contributed by atoms with van der Waals surface area (Å²) < 4.78 is 0. The van der Waals surface area contributed by atoms with Gasteiger partial charge in [-0.15, -0.1) is 0 Å². The Labute approximate surface area is 80.9 Å². The van der Waals surface area contributed by atoms with Gasteiger partial charge in [-0.05, 0) is 12.1 Å². The normalized spacial score (nSPS) is 8.71. The van der Waals surface area contributed by atoms with E-state index in [0.29, 0.717) is 0 Å². The number of aliphatic hydroxyl groups excluding tert-OH is 2. The van der Waals surface area contributed by atoms with Crippen LogP contribution in [0, 0.1) is 0 Å². The molecule has 78 valence electrons. The van der Waals surface area contributed by atoms with Gasteiger partial charge in [-0.25, -0.2) is 0 Å². The van der Waals surface area contributed by atoms with Gasteiger partial charge in [-0.3, -0.25) is 4.79 Å². The molecule has 5 nitrogen and oxygen atoms in total. The molecule has 5 heteroatoms. The summed E-state index contributed by atoms with van der Waals surface area (Å²) in [6, 6.07) is 5.85. The molecule has 0 fully saturated rings. The summed E-state index contributed by atoms with van der Waals surface area (Å²) in [5, 5.41) is 33.0. The third-order valence-electron chi connectivity index (χ3n) is 1.18. The van der Waals surface area contributed by atoms with Gasteiger partial charge < -0.3 is 20.4 Å². The van der Waals surface area contributed by atoms with Crippen molar-refractivity contribution < 1.29 is 25.2 Å². The van der Waals surface area contributed by atoms with Gasteiger partial charge in [0.25, 0.3) is 0 Å². The fourth-order valence-corrected chi connectivity index (χ4v) is 0.543. The molecule has 0 aromatic heterocycles. The molecular weight excluding hydrogens is 188 g/mol. The minimum absolute atomic E-state index is 0.0880. The lowest BCUT2D eigenvalue weighted by Crippen LogP contribution is -2.07. The second-order valence-corrected chi connectivity index (χ2v) is 2.37. The minimum Gasteiger partial charge on any atom is -0.508 e. The minimum atomic E-state index is -0.559. The zero-order valence-corrected chi connectivity index (χ0v) is 7.42. The average Bonchev–Trinajstić information content (AvgIpc) is 2.17. The molecule has 0 aliphatic rings. The molecular formula is C9H12O5. The van der Waals surface area contributed by atoms with Crippen LogP contribution in [0.2, 0.25) is 0 Å². The molecule has 0 bridgehead atoms. The molecule has 0 saturated heterocycles. The van der Waals surface area contributed by atoms with Gasteiger partial charge in [-0.2, -0.15) is 0 Å². The van der Waals surface area contributed by atoms with Crippen molar-refractivity contribution in [2.45, 2.75) is 0 Å². The SMILES string of the molecule is O=C(CO)CO.Oc1cccc(O)c1. The smallest absolute Gasteiger partial charge is 0.183 e. The second kappa shape index (κ2) is 6.88. The highest BCUT2D eigenvalue weighted by molar-refractivity contribution is 5.80. The lowest BCUT2D eigenvalue weighted by Gasteiger charge is -1.89. The first-order chi connectivity index (χ1) is 6.60. The molecule has 0 amide bonds. The van der Waals surface area contributed by atoms with E-state index in [1.165, 1.54) is 18.2 Å². The highest BCUT2D eigenvalue weighted by atomic mass is 16.3. The number of carbonyl (C=O) groups excluding carboxylic acids is 1. The van der Waals surface area contributed by atoms with Gasteiger partial charge in [0.15, 0.2) is 5.78 Å². The number of phenols is 2. The van der Waals surface area contributed by atoms with Crippen LogP contribution in [0.3, 0.4) is 0 Å². The summed E-state index contributed by atoms with van der Waals surface area (Å²) in [6.45, 7) is -1.12. The largest absolute Gasteiger partial charge is 0.508 e. The fraction of sp³-hybridized carbons (Fsp3) is 0.222. The predicted octanol–water partition coefficient (Wildman–Crippen LogP) is -0.362. The maximum Gasteiger partial charge on any atom is 0.183 e. The van der Waals surface area contributed by atoms with Crippen LogP contribution in [-0.2, 0) is 4.79 Å². The lowest BCUT2D eigenvalue weighted by molar-refractivity contribution is -0.124. The van der Waals surface area contributed by atoms with Crippen molar-refractivity contribution in [2.75, 3.05) is 13.2 Å². The number of ketones is 1. The Morgan fingerprint density at radius 2 is 1.50 bits per heavy atom. The Kier molecular flexibility index (Phi) is 6.09. The van der Waals surface area contributed by atoms with E-state index in [2.05, 4.69) is 0 Å². The number of hydrogen-bond donors (Lipinski definition) is 4. The molecule has 1 rings (SSSR count). The Bertz CT molecular complexity index is 261. The molecule has 0 saturated carbocycles. The Hall–Kier alpha value is -1.59. The van der Waals surface area contributed by atoms with Crippen molar-refractivity contribution in [1.82, 2.24) is 0 Å². The van der Waals surface area contributed by atoms with Crippen molar-refractivity contribution >= 4 is 5.78 Å². The van der Waals surface area contributed by atoms with E-state index in [4.69, 9.17) is 20.4 Å². The highest BCUT2D eigenvalue weighted by Gasteiger charge is 1.90. The van der Waals surface area contributed by atoms with Crippen LogP contribution in [0.5, 0.6) is 11.5 Å². The summed E-state index contributed by atoms with van der Waals surface area (Å²) in [7, 11) is 0. The highest BCUT2D eigenvalue weighted by Crippen LogP contribution is 2.14. The summed E-state index contributed by atoms with van der Waals surface area (Å²) in [5.41, 5.74) is 0. The van der Waals surface area contributed by atoms with E-state index < -0.39 is 19.0 Å². The molecule has 4 N–H and O–H groups in total. The number of carbonyl (C=O) groups is 1. The van der Waals surface area contributed by atoms with Gasteiger partial charge in [0, 0.05) is 6.07 Å². The predicted molar refractivity (Wildman–Crippen MR) is 49.0 cm³/mol. The van der Waals surface area contributed by atoms with Crippen LogP contribution >= 0.6 is 0 Å². The zero-order chi connectivity index (χ0) is 11.0. The molecule has 0 unspecified atom stereocenters. The third kappa shape index (κ3) is 5.99. The van der Waals surface area contributed by atoms with Crippen molar-refractivity contribution in [1.29, 1.82) is 0 Å². The topological polar surface area (TPSA) is 98.0 Å². The van der Waals surface area contributed by atoms with Gasteiger partial charge in [0.05, 0.1) is 0 Å². The van der Waals surface area contributed by atoms with Gasteiger partial charge in [0.1, 0.15) is 24.7 Å². The lowest BCUT2D eigenvalue weighted by atomic mass is 10.3. The van der Waals surface area contributed by atoms with Gasteiger partial charge in [0.2, 0.25) is 0 Å². The van der Waals surface area contributed by atoms with Crippen LogP contribution in [0.25, 0.3) is 0 Å². The molecule has 1 aromatic carbocycles. The molecule has 0 heterocycles. The number of rotatable bonds is 2. The van der Waals surface area contributed by atoms with Crippen molar-refractivity contribution in [3.63, 3.8) is 0 Å². The quantitative estimate of drug-likeness (QED) is 0.522. The summed E-state index contributed by atoms with van der Waals surface area (Å²) in [6.07, 6.45) is 0. The summed E-state index contributed by atoms with van der Waals surface area (Å²) >= 11 is 0. The fourth-order valence-electron chi connectivity index (χ4n) is 0.543. The van der Waals surface area contributed by atoms with Crippen molar-refractivity contribution in [3.05, 3.63) is 24.3 Å². The Morgan fingerprint density at radius 3 is 1.64 bits per heavy atom. The maximum absolute atomic E-state index is 9.68. The molecule has 0 aliphatic carbocycles. The molecule has 14 heavy (non-hydrogen) atoms. The van der Waals surface area contributed by atoms with Crippen LogP contribution in [0.15, 0.2) is 24.3 Å². The molecule has 0 aliphatic heterocycles. The number of benzene rings is 1. The summed E-state index contributed by atoms with van der Waals surface area (Å²) in [5.74, 6) is -0.370. The van der Waals surface area contributed by atoms with Crippen LogP contribution in [0.4, 0.5) is 0 Å². The Balaban J connectivity index is 0.000000255. The van der Waals surface area contributed by atoms with E-state index >= 15 is 0 Å². The third-order valence-corrected chi connectivity index (χ3v) is 1.18. The first-order valence-electron chi connectivity index (χ1n) is 3.81. The first kappa shape index (κ1) is 12.4. The number of aliphatic hydroxyl groups is 2. The monoisotopic (exact) mass is 200 g/mol. The van der Waals surface area contributed by atoms with E-state index in [0.717, 1.165) is 0 Å². The number of phenolic OH excluding ortho intramolecular Hbond substituents is 2. The molecule has 0 atom stereocenters. The number of hydrogen-bond acceptors (Lipinski definition) is 5. The van der Waals surface area contributed by atoms with E-state index in [1.54, 1.807) is 6.07 Å². The zero-order valence-electron chi connectivity index (χ0n) is 7.42. The van der Waals surface area contributed by atoms with Crippen LogP contribution in [0.1, 0.15) is 0 Å². The average molecular weight is 200 g/mol. The maximum atomic E-state index is 9.68. The number of Topliss-reactive ketones (excluding diaryl/α,β-unsaturated/α-hetero) is 1. The standard InChI is InChI=1S/C6H6O2.C3H6O3/c7-5-2-1-3-6(8)4-5;4-1-3(6)2-5/h1-4,7-8H;4-5H,1-2H2. The van der Waals surface area contributed by atoms with Crippen molar-refractivity contribution in [3.8, 4) is 11.5 Å². The van der Waals surface area contributed by atoms with E-state index in [-0.39, 0.29) is 11.5 Å². The first-order valence-corrected chi connectivity index (χ1v) is 3.81. The van der Waals surface area contributed by atoms with Crippen molar-refractivity contribution in [2.24, 2.45) is 0 Å². The summed E-state index contributed by atoms with van der Waals surface area (Å²) in [4.78, 5) is 9.68. The van der Waals surface area contributed by atoms with Crippen LogP contribution in [-0.4, -0.2) is 39.4 Å². The molecule has 0 radical (unpaired) electrons. The van der Waals surface area contributed by atoms with Crippen LogP contribution < -0.4 is 0 Å². The Morgan fingerprint density at radius 1 is 1.07 bits per heavy atom. The molecule has 0 spiro atoms. The van der Waals surface area contributed by atoms with E-state index in [9.17, 15) is 4.79 Å². The van der Waals surface area contributed by atoms with Gasteiger partial charge in [-0.1, -0.05) is 6.07 Å². The molecule has 1 aromatic rings. The van der Waals surface area contributed by atoms with Gasteiger partial charge >= 0.3 is 0 Å².